The molecule has 1 aromatic heterocycles. The summed E-state index contributed by atoms with van der Waals surface area (Å²) in [7, 11) is 0. The van der Waals surface area contributed by atoms with E-state index in [0.717, 1.165) is 72.3 Å². The number of furan rings is 1. The van der Waals surface area contributed by atoms with Crippen LogP contribution in [0.15, 0.2) is 191 Å². The van der Waals surface area contributed by atoms with Gasteiger partial charge in [-0.2, -0.15) is 0 Å². The number of para-hydroxylation sites is 2. The summed E-state index contributed by atoms with van der Waals surface area (Å²) < 4.78 is 6.92. The van der Waals surface area contributed by atoms with Crippen LogP contribution in [0.25, 0.3) is 43.5 Å². The molecule has 248 valence electrons. The van der Waals surface area contributed by atoms with Crippen LogP contribution in [0.2, 0.25) is 0 Å². The van der Waals surface area contributed by atoms with E-state index in [0.29, 0.717) is 0 Å². The second-order valence-electron chi connectivity index (χ2n) is 13.2. The van der Waals surface area contributed by atoms with Crippen LogP contribution in [-0.2, 0) is 0 Å². The Morgan fingerprint density at radius 1 is 0.538 bits per heavy atom. The minimum Gasteiger partial charge on any atom is -0.455 e. The Bertz CT molecular complexity index is 2710. The lowest BCUT2D eigenvalue weighted by molar-refractivity contribution is 0.410. The van der Waals surface area contributed by atoms with Gasteiger partial charge in [-0.05, 0) is 69.8 Å². The van der Waals surface area contributed by atoms with Gasteiger partial charge in [-0.3, -0.25) is 5.32 Å². The molecule has 10 rings (SSSR count). The molecule has 0 saturated carbocycles. The van der Waals surface area contributed by atoms with Crippen LogP contribution in [0.5, 0.6) is 0 Å². The maximum Gasteiger partial charge on any atom is 0.143 e. The van der Waals surface area contributed by atoms with E-state index in [-0.39, 0.29) is 12.3 Å². The smallest absolute Gasteiger partial charge is 0.143 e. The molecule has 5 heteroatoms. The molecule has 0 saturated heterocycles. The Hall–Kier alpha value is -6.69. The van der Waals surface area contributed by atoms with Crippen LogP contribution >= 0.6 is 0 Å². The van der Waals surface area contributed by atoms with Crippen molar-refractivity contribution in [3.05, 3.63) is 199 Å². The molecule has 8 aromatic carbocycles. The molecule has 1 aliphatic rings. The average Bonchev–Trinajstić information content (AvgIpc) is 3.61. The van der Waals surface area contributed by atoms with Crippen molar-refractivity contribution in [1.82, 2.24) is 10.6 Å². The Morgan fingerprint density at radius 2 is 1.15 bits per heavy atom. The number of nitrogens with zero attached hydrogens (tertiary/aromatic N) is 2. The van der Waals surface area contributed by atoms with E-state index >= 15 is 0 Å². The van der Waals surface area contributed by atoms with E-state index in [9.17, 15) is 0 Å². The fourth-order valence-electron chi connectivity index (χ4n) is 7.68. The molecule has 2 unspecified atom stereocenters. The van der Waals surface area contributed by atoms with Crippen molar-refractivity contribution in [1.29, 1.82) is 0 Å². The first-order chi connectivity index (χ1) is 25.8. The van der Waals surface area contributed by atoms with Gasteiger partial charge >= 0.3 is 0 Å². The Labute approximate surface area is 301 Å². The highest BCUT2D eigenvalue weighted by Gasteiger charge is 2.29. The summed E-state index contributed by atoms with van der Waals surface area (Å²) >= 11 is 0. The molecule has 0 spiro atoms. The molecule has 5 nitrogen and oxygen atoms in total. The minimum atomic E-state index is -0.300. The maximum absolute atomic E-state index is 6.92. The van der Waals surface area contributed by atoms with Gasteiger partial charge in [-0.1, -0.05) is 140 Å². The molecular weight excluding hydrogens is 637 g/mol. The molecule has 0 radical (unpaired) electrons. The van der Waals surface area contributed by atoms with Crippen LogP contribution in [0.1, 0.15) is 29.0 Å². The Kier molecular flexibility index (Phi) is 7.29. The lowest BCUT2D eigenvalue weighted by atomic mass is 10.00. The highest BCUT2D eigenvalue weighted by molar-refractivity contribution is 6.21. The molecule has 0 bridgehead atoms. The number of fused-ring (bicyclic) bond motifs is 6. The molecule has 0 amide bonds. The predicted molar refractivity (Wildman–Crippen MR) is 215 cm³/mol. The van der Waals surface area contributed by atoms with Gasteiger partial charge in [-0.15, -0.1) is 0 Å². The third kappa shape index (κ3) is 5.18. The van der Waals surface area contributed by atoms with Crippen molar-refractivity contribution in [2.75, 3.05) is 4.90 Å². The molecule has 2 atom stereocenters. The monoisotopic (exact) mass is 670 g/mol. The summed E-state index contributed by atoms with van der Waals surface area (Å²) in [5.74, 6) is 0.792. The van der Waals surface area contributed by atoms with Gasteiger partial charge in [0.05, 0.1) is 11.1 Å². The van der Waals surface area contributed by atoms with Gasteiger partial charge < -0.3 is 14.6 Å². The van der Waals surface area contributed by atoms with E-state index in [1.807, 2.05) is 0 Å². The minimum absolute atomic E-state index is 0.184. The van der Waals surface area contributed by atoms with Crippen LogP contribution in [-0.4, -0.2) is 5.84 Å². The highest BCUT2D eigenvalue weighted by Crippen LogP contribution is 2.45. The third-order valence-corrected chi connectivity index (χ3v) is 10.1. The van der Waals surface area contributed by atoms with Crippen LogP contribution in [0.4, 0.5) is 17.1 Å². The van der Waals surface area contributed by atoms with Crippen molar-refractivity contribution in [3.8, 4) is 0 Å². The van der Waals surface area contributed by atoms with E-state index in [1.165, 1.54) is 10.8 Å². The van der Waals surface area contributed by atoms with Crippen molar-refractivity contribution < 1.29 is 4.42 Å². The fraction of sp³-hybridized carbons (Fsp3) is 0.0426. The van der Waals surface area contributed by atoms with Crippen LogP contribution in [0, 0.1) is 0 Å². The zero-order valence-electron chi connectivity index (χ0n) is 28.3. The second-order valence-corrected chi connectivity index (χ2v) is 13.2. The van der Waals surface area contributed by atoms with Crippen molar-refractivity contribution in [3.63, 3.8) is 0 Å². The van der Waals surface area contributed by atoms with Gasteiger partial charge in [0.2, 0.25) is 0 Å². The number of anilines is 3. The van der Waals surface area contributed by atoms with Gasteiger partial charge in [0.15, 0.2) is 0 Å². The number of benzene rings is 8. The Morgan fingerprint density at radius 3 is 1.88 bits per heavy atom. The molecule has 0 aliphatic carbocycles. The second kappa shape index (κ2) is 12.6. The van der Waals surface area contributed by atoms with Crippen LogP contribution < -0.4 is 15.5 Å². The molecule has 0 fully saturated rings. The molecule has 1 aliphatic heterocycles. The zero-order chi connectivity index (χ0) is 34.4. The Balaban J connectivity index is 1.25. The number of aliphatic imine (C=N–C) groups is 1. The van der Waals surface area contributed by atoms with E-state index in [4.69, 9.17) is 9.41 Å². The molecule has 52 heavy (non-hydrogen) atoms. The maximum atomic E-state index is 6.92. The SMILES string of the molecule is c1ccc(C2NC(c3cc(N(c4ccccc4)c4ccccc4)c4c(c3)oc3c5ccccc5ccc34)=NC(c3cccc4ccccc34)N2)cc1. The quantitative estimate of drug-likeness (QED) is 0.185. The fourth-order valence-corrected chi connectivity index (χ4v) is 7.68. The normalized spacial score (nSPS) is 15.9. The summed E-state index contributed by atoms with van der Waals surface area (Å²) in [6.45, 7) is 0. The van der Waals surface area contributed by atoms with Crippen molar-refractivity contribution in [2.45, 2.75) is 12.3 Å². The number of amidine groups is 1. The van der Waals surface area contributed by atoms with E-state index in [1.54, 1.807) is 0 Å². The summed E-state index contributed by atoms with van der Waals surface area (Å²) in [6.07, 6.45) is -0.485. The third-order valence-electron chi connectivity index (χ3n) is 10.1. The zero-order valence-corrected chi connectivity index (χ0v) is 28.3. The summed E-state index contributed by atoms with van der Waals surface area (Å²) in [6, 6.07) is 63.8. The van der Waals surface area contributed by atoms with Gasteiger partial charge in [0.1, 0.15) is 29.3 Å². The number of rotatable bonds is 6. The molecule has 2 N–H and O–H groups in total. The summed E-state index contributed by atoms with van der Waals surface area (Å²) in [5, 5.41) is 14.3. The summed E-state index contributed by atoms with van der Waals surface area (Å²) in [4.78, 5) is 7.77. The van der Waals surface area contributed by atoms with E-state index < -0.39 is 0 Å². The largest absolute Gasteiger partial charge is 0.455 e. The lowest BCUT2D eigenvalue weighted by Gasteiger charge is -2.33. The highest BCUT2D eigenvalue weighted by atomic mass is 16.3. The van der Waals surface area contributed by atoms with Crippen LogP contribution in [0.3, 0.4) is 0 Å². The van der Waals surface area contributed by atoms with E-state index in [2.05, 4.69) is 198 Å². The predicted octanol–water partition coefficient (Wildman–Crippen LogP) is 11.7. The number of hydrogen-bond donors (Lipinski definition) is 2. The van der Waals surface area contributed by atoms with Gasteiger partial charge in [-0.25, -0.2) is 4.99 Å². The standard InChI is InChI=1S/C47H34N4O/c1-4-17-33(18-5-1)45-48-46(50-47(49-45)39-26-14-19-31-15-10-12-24-37(31)39)34-29-41(51(35-20-6-2-7-21-35)36-22-8-3-9-23-36)43-40-28-27-32-16-11-13-25-38(32)44(40)52-42(43)30-34/h1-30,45,47,49H,(H,48,50). The van der Waals surface area contributed by atoms with Gasteiger partial charge in [0, 0.05) is 27.7 Å². The molecule has 9 aromatic rings. The van der Waals surface area contributed by atoms with Crippen molar-refractivity contribution >= 4 is 66.4 Å². The lowest BCUT2D eigenvalue weighted by Crippen LogP contribution is -2.45. The first kappa shape index (κ1) is 30.2. The van der Waals surface area contributed by atoms with Gasteiger partial charge in [0.25, 0.3) is 0 Å². The first-order valence-corrected chi connectivity index (χ1v) is 17.7. The molecule has 2 heterocycles. The first-order valence-electron chi connectivity index (χ1n) is 17.7. The number of hydrogen-bond acceptors (Lipinski definition) is 5. The number of nitrogens with one attached hydrogen (secondary N) is 2. The topological polar surface area (TPSA) is 52.8 Å². The summed E-state index contributed by atoms with van der Waals surface area (Å²) in [5.41, 5.74) is 8.00. The average molecular weight is 671 g/mol. The molecular formula is C47H34N4O. The van der Waals surface area contributed by atoms with Crippen molar-refractivity contribution in [2.24, 2.45) is 4.99 Å².